The van der Waals surface area contributed by atoms with E-state index in [1.807, 2.05) is 39.8 Å². The van der Waals surface area contributed by atoms with Crippen molar-refractivity contribution in [2.45, 2.75) is 32.0 Å². The van der Waals surface area contributed by atoms with Gasteiger partial charge in [-0.1, -0.05) is 0 Å². The molecule has 1 fully saturated rings. The summed E-state index contributed by atoms with van der Waals surface area (Å²) in [4.78, 5) is 7.30. The Hall–Kier alpha value is -1.83. The summed E-state index contributed by atoms with van der Waals surface area (Å²) in [5.74, 6) is 1.74. The molecule has 26 heavy (non-hydrogen) atoms. The largest absolute Gasteiger partial charge is 0.310 e. The summed E-state index contributed by atoms with van der Waals surface area (Å²) < 4.78 is 4.82. The van der Waals surface area contributed by atoms with Gasteiger partial charge in [-0.05, 0) is 48.6 Å². The molecule has 7 heteroatoms. The van der Waals surface area contributed by atoms with Crippen LogP contribution in [-0.2, 0) is 20.1 Å². The maximum atomic E-state index is 5.70. The van der Waals surface area contributed by atoms with E-state index in [4.69, 9.17) is 17.3 Å². The monoisotopic (exact) mass is 384 g/mol. The van der Waals surface area contributed by atoms with Crippen molar-refractivity contribution in [3.05, 3.63) is 51.2 Å². The van der Waals surface area contributed by atoms with E-state index in [1.54, 1.807) is 27.7 Å². The van der Waals surface area contributed by atoms with Crippen LogP contribution in [0.3, 0.4) is 0 Å². The minimum Gasteiger partial charge on any atom is -0.310 e. The number of hydrogen-bond donors (Lipinski definition) is 1. The predicted molar refractivity (Wildman–Crippen MR) is 105 cm³/mol. The second kappa shape index (κ2) is 6.40. The first kappa shape index (κ1) is 16.4. The lowest BCUT2D eigenvalue weighted by atomic mass is 9.96. The van der Waals surface area contributed by atoms with Crippen molar-refractivity contribution in [1.29, 1.82) is 0 Å². The average Bonchev–Trinajstić information content (AvgIpc) is 3.33. The third kappa shape index (κ3) is 2.74. The predicted octanol–water partition coefficient (Wildman–Crippen LogP) is 2.62. The molecular formula is C19H22N5S2+. The highest BCUT2D eigenvalue weighted by Gasteiger charge is 2.43. The van der Waals surface area contributed by atoms with E-state index in [0.717, 1.165) is 35.3 Å². The summed E-state index contributed by atoms with van der Waals surface area (Å²) >= 11 is 7.62. The lowest BCUT2D eigenvalue weighted by Crippen LogP contribution is -3.13. The van der Waals surface area contributed by atoms with E-state index in [1.165, 1.54) is 19.3 Å². The van der Waals surface area contributed by atoms with Crippen LogP contribution in [-0.4, -0.2) is 25.9 Å². The highest BCUT2D eigenvalue weighted by Crippen LogP contribution is 2.42. The highest BCUT2D eigenvalue weighted by atomic mass is 32.1. The molecule has 3 aromatic rings. The summed E-state index contributed by atoms with van der Waals surface area (Å²) in [5, 5.41) is 7.12. The fraction of sp³-hybridized carbons (Fsp3) is 0.421. The summed E-state index contributed by atoms with van der Waals surface area (Å²) in [6, 6.07) is 6.93. The fourth-order valence-electron chi connectivity index (χ4n) is 4.21. The molecule has 1 N–H and O–H groups in total. The topological polar surface area (TPSA) is 40.1 Å². The highest BCUT2D eigenvalue weighted by molar-refractivity contribution is 7.71. The molecule has 3 aromatic heterocycles. The second-order valence-electron chi connectivity index (χ2n) is 7.33. The Kier molecular flexibility index (Phi) is 4.03. The standard InChI is InChI=1S/C19H21N5S2/c1-22-18(14-4-8-20-9-5-14)21-24(19(22)25)12-23-10-6-16-15(7-11-26-16)17(23)13-2-3-13/h4-5,7-9,11,13,17H,2-3,6,10,12H2,1H3/p+1/t17-/m0/s1. The van der Waals surface area contributed by atoms with Crippen molar-refractivity contribution in [2.24, 2.45) is 13.0 Å². The first-order valence-electron chi connectivity index (χ1n) is 9.17. The molecule has 0 amide bonds. The van der Waals surface area contributed by atoms with Gasteiger partial charge in [0.1, 0.15) is 6.04 Å². The molecule has 1 unspecified atom stereocenters. The van der Waals surface area contributed by atoms with E-state index < -0.39 is 0 Å². The number of nitrogens with zero attached hydrogens (tertiary/aromatic N) is 4. The van der Waals surface area contributed by atoms with E-state index in [0.29, 0.717) is 6.04 Å². The molecule has 5 nitrogen and oxygen atoms in total. The minimum absolute atomic E-state index is 0.610. The van der Waals surface area contributed by atoms with Gasteiger partial charge in [0.05, 0.1) is 6.54 Å². The van der Waals surface area contributed by atoms with Gasteiger partial charge in [-0.2, -0.15) is 4.68 Å². The van der Waals surface area contributed by atoms with Crippen LogP contribution in [0, 0.1) is 10.7 Å². The van der Waals surface area contributed by atoms with Gasteiger partial charge in [0.15, 0.2) is 12.5 Å². The van der Waals surface area contributed by atoms with E-state index in [-0.39, 0.29) is 0 Å². The number of fused-ring (bicyclic) bond motifs is 1. The van der Waals surface area contributed by atoms with Gasteiger partial charge in [0, 0.05) is 47.8 Å². The summed E-state index contributed by atoms with van der Waals surface area (Å²) in [7, 11) is 2.00. The number of pyridine rings is 1. The molecule has 5 rings (SSSR count). The van der Waals surface area contributed by atoms with Crippen LogP contribution in [0.15, 0.2) is 36.0 Å². The van der Waals surface area contributed by atoms with Crippen LogP contribution in [0.4, 0.5) is 0 Å². The Morgan fingerprint density at radius 2 is 2.08 bits per heavy atom. The van der Waals surface area contributed by atoms with Gasteiger partial charge in [0.2, 0.25) is 4.77 Å². The van der Waals surface area contributed by atoms with Crippen LogP contribution in [0.5, 0.6) is 0 Å². The van der Waals surface area contributed by atoms with Crippen molar-refractivity contribution in [3.8, 4) is 11.4 Å². The molecule has 0 bridgehead atoms. The number of nitrogens with one attached hydrogen (secondary N) is 1. The third-order valence-corrected chi connectivity index (χ3v) is 7.13. The van der Waals surface area contributed by atoms with Gasteiger partial charge in [0.25, 0.3) is 0 Å². The van der Waals surface area contributed by atoms with Gasteiger partial charge in [-0.25, -0.2) is 0 Å². The van der Waals surface area contributed by atoms with Crippen LogP contribution >= 0.6 is 23.6 Å². The van der Waals surface area contributed by atoms with E-state index >= 15 is 0 Å². The molecule has 0 saturated heterocycles. The number of aromatic nitrogens is 4. The number of rotatable bonds is 4. The smallest absolute Gasteiger partial charge is 0.202 e. The van der Waals surface area contributed by atoms with Crippen molar-refractivity contribution in [3.63, 3.8) is 0 Å². The molecule has 2 aliphatic rings. The van der Waals surface area contributed by atoms with E-state index in [9.17, 15) is 0 Å². The maximum absolute atomic E-state index is 5.70. The van der Waals surface area contributed by atoms with Crippen molar-refractivity contribution in [2.75, 3.05) is 6.54 Å². The lowest BCUT2D eigenvalue weighted by Gasteiger charge is -2.32. The maximum Gasteiger partial charge on any atom is 0.202 e. The average molecular weight is 385 g/mol. The fourth-order valence-corrected chi connectivity index (χ4v) is 5.33. The molecule has 1 saturated carbocycles. The molecule has 2 atom stereocenters. The van der Waals surface area contributed by atoms with E-state index in [2.05, 4.69) is 16.4 Å². The molecule has 0 radical (unpaired) electrons. The number of thiophene rings is 1. The SMILES string of the molecule is Cn1c(-c2ccncc2)nn(C[NH+]2CCc3sccc3[C@@H]2C2CC2)c1=S. The summed E-state index contributed by atoms with van der Waals surface area (Å²) in [5.41, 5.74) is 2.63. The van der Waals surface area contributed by atoms with Gasteiger partial charge >= 0.3 is 0 Å². The van der Waals surface area contributed by atoms with Gasteiger partial charge < -0.3 is 9.47 Å². The third-order valence-electron chi connectivity index (χ3n) is 5.65. The zero-order valence-corrected chi connectivity index (χ0v) is 16.4. The Morgan fingerprint density at radius 3 is 2.85 bits per heavy atom. The summed E-state index contributed by atoms with van der Waals surface area (Å²) in [6.07, 6.45) is 7.49. The van der Waals surface area contributed by atoms with Crippen LogP contribution < -0.4 is 4.90 Å². The van der Waals surface area contributed by atoms with Crippen molar-refractivity contribution < 1.29 is 4.90 Å². The Morgan fingerprint density at radius 1 is 1.27 bits per heavy atom. The lowest BCUT2D eigenvalue weighted by molar-refractivity contribution is -0.958. The van der Waals surface area contributed by atoms with Crippen molar-refractivity contribution in [1.82, 2.24) is 19.3 Å². The molecule has 0 aromatic carbocycles. The second-order valence-corrected chi connectivity index (χ2v) is 8.70. The molecule has 134 valence electrons. The van der Waals surface area contributed by atoms with Gasteiger partial charge in [-0.3, -0.25) is 4.98 Å². The minimum atomic E-state index is 0.610. The number of hydrogen-bond acceptors (Lipinski definition) is 4. The quantitative estimate of drug-likeness (QED) is 0.703. The molecule has 1 aliphatic heterocycles. The van der Waals surface area contributed by atoms with Crippen LogP contribution in [0.1, 0.15) is 29.3 Å². The van der Waals surface area contributed by atoms with Gasteiger partial charge in [-0.15, -0.1) is 16.4 Å². The zero-order chi connectivity index (χ0) is 17.7. The Bertz CT molecular complexity index is 983. The normalized spacial score (nSPS) is 22.3. The van der Waals surface area contributed by atoms with Crippen molar-refractivity contribution >= 4 is 23.6 Å². The Balaban J connectivity index is 1.47. The molecular weight excluding hydrogens is 362 g/mol. The zero-order valence-electron chi connectivity index (χ0n) is 14.8. The number of quaternary nitrogens is 1. The van der Waals surface area contributed by atoms with Crippen LogP contribution in [0.2, 0.25) is 0 Å². The molecule has 4 heterocycles. The van der Waals surface area contributed by atoms with Crippen LogP contribution in [0.25, 0.3) is 11.4 Å². The molecule has 1 aliphatic carbocycles. The first-order valence-corrected chi connectivity index (χ1v) is 10.5. The summed E-state index contributed by atoms with van der Waals surface area (Å²) in [6.45, 7) is 2.01. The molecule has 0 spiro atoms. The Labute approximate surface area is 161 Å². The first-order chi connectivity index (χ1) is 12.7.